The van der Waals surface area contributed by atoms with E-state index in [0.717, 1.165) is 0 Å². The van der Waals surface area contributed by atoms with E-state index in [0.29, 0.717) is 46.4 Å². The van der Waals surface area contributed by atoms with Crippen LogP contribution in [0.3, 0.4) is 0 Å². The first kappa shape index (κ1) is 28.0. The largest absolute Gasteiger partial charge is 0.467 e. The summed E-state index contributed by atoms with van der Waals surface area (Å²) in [5.41, 5.74) is 0.592. The number of esters is 1. The van der Waals surface area contributed by atoms with Crippen molar-refractivity contribution >= 4 is 64.7 Å². The van der Waals surface area contributed by atoms with Gasteiger partial charge in [-0.3, -0.25) is 14.4 Å². The van der Waals surface area contributed by atoms with Crippen molar-refractivity contribution < 1.29 is 23.9 Å². The summed E-state index contributed by atoms with van der Waals surface area (Å²) in [6.45, 7) is 2.43. The fraction of sp³-hybridized carbons (Fsp3) is 0.478. The highest BCUT2D eigenvalue weighted by molar-refractivity contribution is 8.00. The van der Waals surface area contributed by atoms with Gasteiger partial charge in [0.15, 0.2) is 0 Å². The zero-order valence-electron chi connectivity index (χ0n) is 19.6. The molecule has 1 aromatic rings. The number of nitrogens with one attached hydrogen (secondary N) is 1. The summed E-state index contributed by atoms with van der Waals surface area (Å²) in [5.74, 6) is -0.967. The van der Waals surface area contributed by atoms with Crippen LogP contribution in [0.4, 0.5) is 0 Å². The van der Waals surface area contributed by atoms with Gasteiger partial charge >= 0.3 is 5.97 Å². The van der Waals surface area contributed by atoms with Crippen LogP contribution in [0.5, 0.6) is 0 Å². The summed E-state index contributed by atoms with van der Waals surface area (Å²) in [6, 6.07) is 2.81. The number of piperidine rings is 1. The van der Waals surface area contributed by atoms with Gasteiger partial charge in [0.25, 0.3) is 0 Å². The SMILES string of the molecule is COC(=O)C(C)NC(=O)C1CCN(C(=O)/C=C/c2ccc(SCC(=O)N(C)C)c(Cl)c2Cl)CC1. The summed E-state index contributed by atoms with van der Waals surface area (Å²) >= 11 is 14.0. The molecule has 1 heterocycles. The molecule has 1 aromatic carbocycles. The Morgan fingerprint density at radius 1 is 1.21 bits per heavy atom. The normalized spacial score (nSPS) is 15.2. The molecule has 0 bridgehead atoms. The van der Waals surface area contributed by atoms with Gasteiger partial charge < -0.3 is 19.9 Å². The third-order valence-corrected chi connectivity index (χ3v) is 7.47. The van der Waals surface area contributed by atoms with Crippen molar-refractivity contribution in [3.8, 4) is 0 Å². The van der Waals surface area contributed by atoms with Crippen LogP contribution in [0.1, 0.15) is 25.3 Å². The average Bonchev–Trinajstić information content (AvgIpc) is 2.83. The lowest BCUT2D eigenvalue weighted by Gasteiger charge is -2.31. The summed E-state index contributed by atoms with van der Waals surface area (Å²) in [5, 5.41) is 3.29. The highest BCUT2D eigenvalue weighted by Crippen LogP contribution is 2.36. The molecule has 1 saturated heterocycles. The molecule has 3 amide bonds. The third-order valence-electron chi connectivity index (χ3n) is 5.42. The first-order valence-corrected chi connectivity index (χ1v) is 12.5. The van der Waals surface area contributed by atoms with Crippen molar-refractivity contribution in [2.75, 3.05) is 40.0 Å². The van der Waals surface area contributed by atoms with Crippen molar-refractivity contribution in [1.29, 1.82) is 0 Å². The maximum Gasteiger partial charge on any atom is 0.328 e. The van der Waals surface area contributed by atoms with E-state index in [-0.39, 0.29) is 29.4 Å². The van der Waals surface area contributed by atoms with Crippen LogP contribution in [0.25, 0.3) is 6.08 Å². The Labute approximate surface area is 213 Å². The number of methoxy groups -OCH3 is 1. The van der Waals surface area contributed by atoms with Crippen LogP contribution in [-0.4, -0.2) is 79.6 Å². The number of thioether (sulfide) groups is 1. The number of ether oxygens (including phenoxy) is 1. The topological polar surface area (TPSA) is 96.0 Å². The fourth-order valence-electron chi connectivity index (χ4n) is 3.25. The maximum atomic E-state index is 12.6. The highest BCUT2D eigenvalue weighted by Gasteiger charge is 2.28. The number of hydrogen-bond donors (Lipinski definition) is 1. The second-order valence-corrected chi connectivity index (χ2v) is 9.82. The number of nitrogens with zero attached hydrogens (tertiary/aromatic N) is 2. The zero-order valence-corrected chi connectivity index (χ0v) is 21.9. The number of amides is 3. The molecule has 0 radical (unpaired) electrons. The molecule has 1 fully saturated rings. The van der Waals surface area contributed by atoms with E-state index in [9.17, 15) is 19.2 Å². The van der Waals surface area contributed by atoms with Gasteiger partial charge in [-0.15, -0.1) is 11.8 Å². The average molecular weight is 530 g/mol. The first-order valence-electron chi connectivity index (χ1n) is 10.7. The molecule has 1 atom stereocenters. The van der Waals surface area contributed by atoms with Gasteiger partial charge in [-0.25, -0.2) is 4.79 Å². The number of halogens is 2. The second-order valence-electron chi connectivity index (χ2n) is 8.04. The van der Waals surface area contributed by atoms with Crippen molar-refractivity contribution in [3.63, 3.8) is 0 Å². The molecule has 34 heavy (non-hydrogen) atoms. The van der Waals surface area contributed by atoms with Crippen LogP contribution >= 0.6 is 35.0 Å². The smallest absolute Gasteiger partial charge is 0.328 e. The van der Waals surface area contributed by atoms with Gasteiger partial charge in [0, 0.05) is 44.1 Å². The minimum Gasteiger partial charge on any atom is -0.467 e. The van der Waals surface area contributed by atoms with Gasteiger partial charge in [0.05, 0.1) is 22.9 Å². The van der Waals surface area contributed by atoms with E-state index in [2.05, 4.69) is 10.1 Å². The molecule has 0 saturated carbocycles. The molecule has 0 aromatic heterocycles. The van der Waals surface area contributed by atoms with Crippen LogP contribution in [0.15, 0.2) is 23.1 Å². The van der Waals surface area contributed by atoms with Gasteiger partial charge in [-0.2, -0.15) is 0 Å². The molecule has 2 rings (SSSR count). The Kier molecular flexibility index (Phi) is 10.7. The quantitative estimate of drug-likeness (QED) is 0.315. The number of hydrogen-bond acceptors (Lipinski definition) is 6. The molecule has 186 valence electrons. The molecule has 1 unspecified atom stereocenters. The summed E-state index contributed by atoms with van der Waals surface area (Å²) in [4.78, 5) is 52.1. The Morgan fingerprint density at radius 2 is 1.85 bits per heavy atom. The number of rotatable bonds is 8. The summed E-state index contributed by atoms with van der Waals surface area (Å²) < 4.78 is 4.62. The van der Waals surface area contributed by atoms with E-state index in [1.807, 2.05) is 0 Å². The lowest BCUT2D eigenvalue weighted by atomic mass is 9.95. The van der Waals surface area contributed by atoms with Gasteiger partial charge in [0.1, 0.15) is 6.04 Å². The number of benzene rings is 1. The Hall–Kier alpha value is -2.23. The molecule has 11 heteroatoms. The number of carbonyl (C=O) groups is 4. The fourth-order valence-corrected chi connectivity index (χ4v) is 4.80. The van der Waals surface area contributed by atoms with Crippen molar-refractivity contribution in [3.05, 3.63) is 33.8 Å². The molecular weight excluding hydrogens is 501 g/mol. The minimum absolute atomic E-state index is 0.0361. The van der Waals surface area contributed by atoms with Crippen LogP contribution in [0.2, 0.25) is 10.0 Å². The van der Waals surface area contributed by atoms with Gasteiger partial charge in [0.2, 0.25) is 17.7 Å². The zero-order chi connectivity index (χ0) is 25.4. The van der Waals surface area contributed by atoms with Crippen LogP contribution in [-0.2, 0) is 23.9 Å². The molecule has 1 aliphatic rings. The molecule has 0 spiro atoms. The Morgan fingerprint density at radius 3 is 2.44 bits per heavy atom. The predicted molar refractivity (Wildman–Crippen MR) is 134 cm³/mol. The first-order chi connectivity index (χ1) is 16.0. The van der Waals surface area contributed by atoms with E-state index in [4.69, 9.17) is 23.2 Å². The molecular formula is C23H29Cl2N3O5S. The molecule has 1 N–H and O–H groups in total. The Balaban J connectivity index is 1.91. The monoisotopic (exact) mass is 529 g/mol. The Bertz CT molecular complexity index is 962. The van der Waals surface area contributed by atoms with E-state index >= 15 is 0 Å². The number of carbonyl (C=O) groups excluding carboxylic acids is 4. The molecule has 8 nitrogen and oxygen atoms in total. The third kappa shape index (κ3) is 7.65. The van der Waals surface area contributed by atoms with Crippen LogP contribution in [0, 0.1) is 5.92 Å². The molecule has 1 aliphatic heterocycles. The summed E-state index contributed by atoms with van der Waals surface area (Å²) in [6.07, 6.45) is 4.04. The van der Waals surface area contributed by atoms with E-state index in [1.54, 1.807) is 44.1 Å². The molecule has 0 aliphatic carbocycles. The van der Waals surface area contributed by atoms with Crippen LogP contribution < -0.4 is 5.32 Å². The summed E-state index contributed by atoms with van der Waals surface area (Å²) in [7, 11) is 4.64. The second kappa shape index (κ2) is 13.0. The van der Waals surface area contributed by atoms with E-state index in [1.165, 1.54) is 29.8 Å². The highest BCUT2D eigenvalue weighted by atomic mass is 35.5. The van der Waals surface area contributed by atoms with Gasteiger partial charge in [-0.05, 0) is 37.5 Å². The lowest BCUT2D eigenvalue weighted by molar-refractivity contribution is -0.145. The standard InChI is InChI=1S/C23H29Cl2N3O5S/c1-14(23(32)33-4)26-22(31)16-9-11-28(12-10-16)18(29)8-6-15-5-7-17(21(25)20(15)24)34-13-19(30)27(2)3/h5-8,14,16H,9-13H2,1-4H3,(H,26,31)/b8-6+. The minimum atomic E-state index is -0.713. The van der Waals surface area contributed by atoms with Crippen molar-refractivity contribution in [2.45, 2.75) is 30.7 Å². The maximum absolute atomic E-state index is 12.6. The van der Waals surface area contributed by atoms with Gasteiger partial charge in [-0.1, -0.05) is 29.3 Å². The van der Waals surface area contributed by atoms with E-state index < -0.39 is 12.0 Å². The number of likely N-dealkylation sites (tertiary alicyclic amines) is 1. The van der Waals surface area contributed by atoms with Crippen molar-refractivity contribution in [2.24, 2.45) is 5.92 Å². The predicted octanol–water partition coefficient (Wildman–Crippen LogP) is 3.10. The lowest BCUT2D eigenvalue weighted by Crippen LogP contribution is -2.46. The van der Waals surface area contributed by atoms with Crippen molar-refractivity contribution in [1.82, 2.24) is 15.1 Å².